The average molecular weight is 219 g/mol. The van der Waals surface area contributed by atoms with Gasteiger partial charge in [-0.1, -0.05) is 34.8 Å². The van der Waals surface area contributed by atoms with Crippen LogP contribution in [0, 0.1) is 7.05 Å². The molecule has 0 saturated heterocycles. The molecule has 1 amide bonds. The highest BCUT2D eigenvalue weighted by Crippen LogP contribution is 2.31. The Balaban J connectivity index is 3.87. The van der Waals surface area contributed by atoms with Gasteiger partial charge in [0.15, 0.2) is 0 Å². The third-order valence-corrected chi connectivity index (χ3v) is 1.71. The zero-order chi connectivity index (χ0) is 9.07. The van der Waals surface area contributed by atoms with Crippen molar-refractivity contribution in [2.45, 2.75) is 16.3 Å². The summed E-state index contributed by atoms with van der Waals surface area (Å²) >= 11 is 15.8. The van der Waals surface area contributed by atoms with Gasteiger partial charge in [0, 0.05) is 7.05 Å². The molecule has 0 aromatic heterocycles. The van der Waals surface area contributed by atoms with Crippen molar-refractivity contribution in [1.29, 1.82) is 0 Å². The standard InChI is InChI=1S/C5H7Cl3NO2/c1-9-4(11)2-3(10)5(6,7)8/h3,10H,1-2H2,(H,9,11). The van der Waals surface area contributed by atoms with Crippen LogP contribution < -0.4 is 5.32 Å². The van der Waals surface area contributed by atoms with Gasteiger partial charge in [0.2, 0.25) is 9.70 Å². The number of halogens is 3. The lowest BCUT2D eigenvalue weighted by atomic mass is 10.3. The van der Waals surface area contributed by atoms with Crippen molar-refractivity contribution >= 4 is 40.7 Å². The largest absolute Gasteiger partial charge is 0.388 e. The van der Waals surface area contributed by atoms with Crippen LogP contribution in [0.15, 0.2) is 0 Å². The molecule has 0 aromatic rings. The van der Waals surface area contributed by atoms with E-state index in [1.165, 1.54) is 0 Å². The second kappa shape index (κ2) is 4.36. The van der Waals surface area contributed by atoms with Crippen LogP contribution in [0.4, 0.5) is 0 Å². The lowest BCUT2D eigenvalue weighted by Gasteiger charge is -2.17. The SMILES string of the molecule is [CH2]NC(=O)CC(O)C(Cl)(Cl)Cl. The van der Waals surface area contributed by atoms with Crippen molar-refractivity contribution in [3.63, 3.8) is 0 Å². The van der Waals surface area contributed by atoms with Crippen LogP contribution in [0.2, 0.25) is 0 Å². The molecule has 1 unspecified atom stereocenters. The molecule has 0 spiro atoms. The molecule has 0 aliphatic carbocycles. The van der Waals surface area contributed by atoms with E-state index in [4.69, 9.17) is 39.9 Å². The number of alkyl halides is 3. The molecule has 0 rings (SSSR count). The van der Waals surface area contributed by atoms with Crippen LogP contribution in [0.1, 0.15) is 6.42 Å². The molecule has 2 N–H and O–H groups in total. The fourth-order valence-corrected chi connectivity index (χ4v) is 0.595. The predicted octanol–water partition coefficient (Wildman–Crippen LogP) is 1.02. The lowest BCUT2D eigenvalue weighted by Crippen LogP contribution is -2.31. The van der Waals surface area contributed by atoms with Crippen molar-refractivity contribution in [3.05, 3.63) is 7.05 Å². The van der Waals surface area contributed by atoms with Crippen LogP contribution in [0.5, 0.6) is 0 Å². The molecule has 0 heterocycles. The number of aliphatic hydroxyl groups excluding tert-OH is 1. The van der Waals surface area contributed by atoms with Gasteiger partial charge in [0.1, 0.15) is 6.10 Å². The Kier molecular flexibility index (Phi) is 4.48. The third-order valence-electron chi connectivity index (χ3n) is 0.954. The summed E-state index contributed by atoms with van der Waals surface area (Å²) < 4.78 is -1.83. The van der Waals surface area contributed by atoms with Gasteiger partial charge >= 0.3 is 0 Å². The Morgan fingerprint density at radius 1 is 1.64 bits per heavy atom. The first-order valence-electron chi connectivity index (χ1n) is 2.68. The Labute approximate surface area is 79.6 Å². The van der Waals surface area contributed by atoms with Crippen LogP contribution in [-0.4, -0.2) is 20.9 Å². The van der Waals surface area contributed by atoms with Gasteiger partial charge in [-0.3, -0.25) is 4.79 Å². The number of aliphatic hydroxyl groups is 1. The maximum Gasteiger partial charge on any atom is 0.222 e. The maximum absolute atomic E-state index is 10.6. The van der Waals surface area contributed by atoms with Crippen LogP contribution in [0.25, 0.3) is 0 Å². The molecule has 3 nitrogen and oxygen atoms in total. The summed E-state index contributed by atoms with van der Waals surface area (Å²) in [5.74, 6) is -0.483. The molecule has 1 radical (unpaired) electrons. The predicted molar refractivity (Wildman–Crippen MR) is 44.4 cm³/mol. The van der Waals surface area contributed by atoms with Gasteiger partial charge in [-0.2, -0.15) is 0 Å². The van der Waals surface area contributed by atoms with E-state index >= 15 is 0 Å². The van der Waals surface area contributed by atoms with E-state index in [1.807, 2.05) is 5.32 Å². The minimum absolute atomic E-state index is 0.278. The molecule has 0 aliphatic rings. The van der Waals surface area contributed by atoms with Gasteiger partial charge in [-0.25, -0.2) is 0 Å². The fraction of sp³-hybridized carbons (Fsp3) is 0.600. The minimum atomic E-state index is -1.83. The van der Waals surface area contributed by atoms with Crippen molar-refractivity contribution in [2.75, 3.05) is 0 Å². The number of rotatable bonds is 2. The summed E-state index contributed by atoms with van der Waals surface area (Å²) in [5.41, 5.74) is 0. The van der Waals surface area contributed by atoms with E-state index in [0.717, 1.165) is 0 Å². The molecular weight excluding hydrogens is 212 g/mol. The number of carbonyl (C=O) groups excluding carboxylic acids is 1. The summed E-state index contributed by atoms with van der Waals surface area (Å²) in [5, 5.41) is 11.0. The topological polar surface area (TPSA) is 49.3 Å². The van der Waals surface area contributed by atoms with Crippen molar-refractivity contribution in [2.24, 2.45) is 0 Å². The van der Waals surface area contributed by atoms with Crippen molar-refractivity contribution in [3.8, 4) is 0 Å². The second-order valence-electron chi connectivity index (χ2n) is 1.86. The van der Waals surface area contributed by atoms with E-state index < -0.39 is 15.8 Å². The summed E-state index contributed by atoms with van der Waals surface area (Å²) in [6, 6.07) is 0. The van der Waals surface area contributed by atoms with Gasteiger partial charge in [0.25, 0.3) is 0 Å². The first-order valence-corrected chi connectivity index (χ1v) is 3.82. The second-order valence-corrected chi connectivity index (χ2v) is 4.23. The van der Waals surface area contributed by atoms with Crippen LogP contribution >= 0.6 is 34.8 Å². The molecule has 11 heavy (non-hydrogen) atoms. The number of hydrogen-bond acceptors (Lipinski definition) is 2. The van der Waals surface area contributed by atoms with Gasteiger partial charge in [-0.15, -0.1) is 0 Å². The molecule has 6 heteroatoms. The van der Waals surface area contributed by atoms with Crippen molar-refractivity contribution < 1.29 is 9.90 Å². The van der Waals surface area contributed by atoms with E-state index in [-0.39, 0.29) is 6.42 Å². The van der Waals surface area contributed by atoms with E-state index in [2.05, 4.69) is 7.05 Å². The molecule has 0 saturated carbocycles. The van der Waals surface area contributed by atoms with Crippen LogP contribution in [-0.2, 0) is 4.79 Å². The Hall–Kier alpha value is 0.300. The minimum Gasteiger partial charge on any atom is -0.388 e. The summed E-state index contributed by atoms with van der Waals surface area (Å²) in [6.45, 7) is 0. The molecule has 0 bridgehead atoms. The number of carbonyl (C=O) groups is 1. The van der Waals surface area contributed by atoms with Gasteiger partial charge in [0.05, 0.1) is 6.42 Å². The molecule has 65 valence electrons. The third kappa shape index (κ3) is 4.69. The number of hydrogen-bond donors (Lipinski definition) is 2. The smallest absolute Gasteiger partial charge is 0.222 e. The quantitative estimate of drug-likeness (QED) is 0.681. The Morgan fingerprint density at radius 2 is 2.09 bits per heavy atom. The first kappa shape index (κ1) is 11.3. The summed E-state index contributed by atoms with van der Waals surface area (Å²) in [7, 11) is 3.08. The van der Waals surface area contributed by atoms with E-state index in [0.29, 0.717) is 0 Å². The van der Waals surface area contributed by atoms with E-state index in [9.17, 15) is 4.79 Å². The highest BCUT2D eigenvalue weighted by molar-refractivity contribution is 6.68. The highest BCUT2D eigenvalue weighted by Gasteiger charge is 2.32. The zero-order valence-electron chi connectivity index (χ0n) is 5.48. The van der Waals surface area contributed by atoms with E-state index in [1.54, 1.807) is 0 Å². The zero-order valence-corrected chi connectivity index (χ0v) is 7.75. The van der Waals surface area contributed by atoms with Gasteiger partial charge in [-0.05, 0) is 0 Å². The lowest BCUT2D eigenvalue weighted by molar-refractivity contribution is -0.122. The number of nitrogens with one attached hydrogen (secondary N) is 1. The Bertz CT molecular complexity index is 145. The Morgan fingerprint density at radius 3 is 2.36 bits per heavy atom. The molecule has 1 atom stereocenters. The first-order chi connectivity index (χ1) is 4.88. The summed E-state index contributed by atoms with van der Waals surface area (Å²) in [6.07, 6.45) is -1.59. The van der Waals surface area contributed by atoms with Gasteiger partial charge < -0.3 is 10.4 Å². The molecule has 0 fully saturated rings. The summed E-state index contributed by atoms with van der Waals surface area (Å²) in [4.78, 5) is 10.6. The molecular formula is C5H7Cl3NO2. The highest BCUT2D eigenvalue weighted by atomic mass is 35.6. The molecule has 0 aromatic carbocycles. The monoisotopic (exact) mass is 218 g/mol. The normalized spacial score (nSPS) is 14.3. The average Bonchev–Trinajstić information content (AvgIpc) is 1.85. The van der Waals surface area contributed by atoms with Crippen LogP contribution in [0.3, 0.4) is 0 Å². The fourth-order valence-electron chi connectivity index (χ4n) is 0.364. The number of amides is 1. The maximum atomic E-state index is 10.6. The molecule has 0 aliphatic heterocycles. The van der Waals surface area contributed by atoms with Crippen molar-refractivity contribution in [1.82, 2.24) is 5.32 Å².